The smallest absolute Gasteiger partial charge is 0.433 e. The Kier molecular flexibility index (Phi) is 6.14. The zero-order valence-corrected chi connectivity index (χ0v) is 18.6. The van der Waals surface area contributed by atoms with Gasteiger partial charge < -0.3 is 10.1 Å². The van der Waals surface area contributed by atoms with E-state index in [-0.39, 0.29) is 17.2 Å². The van der Waals surface area contributed by atoms with Crippen molar-refractivity contribution in [3.63, 3.8) is 0 Å². The van der Waals surface area contributed by atoms with E-state index in [9.17, 15) is 18.0 Å². The molecule has 4 rings (SSSR count). The molecule has 0 aliphatic rings. The minimum atomic E-state index is -4.65. The molecule has 0 radical (unpaired) electrons. The highest BCUT2D eigenvalue weighted by atomic mass is 79.9. The Labute approximate surface area is 194 Å². The molecule has 11 heteroatoms. The molecule has 0 saturated carbocycles. The number of ether oxygens (including phenoxy) is 1. The van der Waals surface area contributed by atoms with Gasteiger partial charge in [-0.3, -0.25) is 4.79 Å². The maximum atomic E-state index is 13.7. The summed E-state index contributed by atoms with van der Waals surface area (Å²) in [4.78, 5) is 20.4. The van der Waals surface area contributed by atoms with Crippen molar-refractivity contribution in [1.82, 2.24) is 19.7 Å². The Morgan fingerprint density at radius 3 is 2.48 bits per heavy atom. The standard InChI is InChI=1S/C22H15BrF3N5O2/c1-33-20-8-5-14(11-28-20)17-10-18(22(24,25)26)31(30-17)16-6-7-19(27-12-16)29-21(32)13-3-2-4-15(23)9-13/h2-12H,1H3,(H,27,29,32). The summed E-state index contributed by atoms with van der Waals surface area (Å²) < 4.78 is 47.5. The van der Waals surface area contributed by atoms with E-state index in [1.807, 2.05) is 0 Å². The Hall–Kier alpha value is -3.73. The van der Waals surface area contributed by atoms with Gasteiger partial charge in [0, 0.05) is 27.9 Å². The molecular formula is C22H15BrF3N5O2. The van der Waals surface area contributed by atoms with Gasteiger partial charge in [-0.15, -0.1) is 0 Å². The zero-order valence-electron chi connectivity index (χ0n) is 17.0. The second-order valence-electron chi connectivity index (χ2n) is 6.78. The maximum absolute atomic E-state index is 13.7. The highest BCUT2D eigenvalue weighted by molar-refractivity contribution is 9.10. The molecule has 3 aromatic heterocycles. The Morgan fingerprint density at radius 1 is 1.06 bits per heavy atom. The molecule has 3 heterocycles. The highest BCUT2D eigenvalue weighted by Crippen LogP contribution is 2.34. The van der Waals surface area contributed by atoms with E-state index in [1.54, 1.807) is 30.3 Å². The lowest BCUT2D eigenvalue weighted by molar-refractivity contribution is -0.142. The van der Waals surface area contributed by atoms with Crippen LogP contribution in [0.5, 0.6) is 5.88 Å². The van der Waals surface area contributed by atoms with Crippen LogP contribution in [-0.4, -0.2) is 32.8 Å². The first-order chi connectivity index (χ1) is 15.7. The molecule has 1 N–H and O–H groups in total. The van der Waals surface area contributed by atoms with Gasteiger partial charge in [0.25, 0.3) is 5.91 Å². The number of anilines is 1. The molecule has 0 fully saturated rings. The van der Waals surface area contributed by atoms with Gasteiger partial charge in [-0.2, -0.15) is 18.3 Å². The summed E-state index contributed by atoms with van der Waals surface area (Å²) >= 11 is 3.29. The molecule has 7 nitrogen and oxygen atoms in total. The van der Waals surface area contributed by atoms with E-state index in [2.05, 4.69) is 36.3 Å². The molecule has 4 aromatic rings. The molecule has 168 valence electrons. The predicted octanol–water partition coefficient (Wildman–Crippen LogP) is 5.37. The van der Waals surface area contributed by atoms with E-state index in [0.29, 0.717) is 17.0 Å². The van der Waals surface area contributed by atoms with Gasteiger partial charge in [-0.25, -0.2) is 14.6 Å². The number of nitrogens with zero attached hydrogens (tertiary/aromatic N) is 4. The van der Waals surface area contributed by atoms with Crippen LogP contribution in [0.1, 0.15) is 16.1 Å². The molecule has 1 aromatic carbocycles. The zero-order chi connectivity index (χ0) is 23.6. The molecule has 0 aliphatic heterocycles. The van der Waals surface area contributed by atoms with Gasteiger partial charge in [0.2, 0.25) is 5.88 Å². The lowest BCUT2D eigenvalue weighted by Gasteiger charge is -2.10. The topological polar surface area (TPSA) is 81.9 Å². The van der Waals surface area contributed by atoms with Crippen LogP contribution in [0.3, 0.4) is 0 Å². The van der Waals surface area contributed by atoms with Crippen LogP contribution in [0.2, 0.25) is 0 Å². The normalized spacial score (nSPS) is 11.3. The van der Waals surface area contributed by atoms with E-state index in [1.165, 1.54) is 37.7 Å². The monoisotopic (exact) mass is 517 g/mol. The molecule has 33 heavy (non-hydrogen) atoms. The summed E-state index contributed by atoms with van der Waals surface area (Å²) in [6.07, 6.45) is -2.07. The average molecular weight is 518 g/mol. The van der Waals surface area contributed by atoms with Crippen LogP contribution in [0, 0.1) is 0 Å². The fourth-order valence-electron chi connectivity index (χ4n) is 2.98. The fraction of sp³-hybridized carbons (Fsp3) is 0.0909. The van der Waals surface area contributed by atoms with Crippen LogP contribution >= 0.6 is 15.9 Å². The van der Waals surface area contributed by atoms with Gasteiger partial charge in [0.1, 0.15) is 11.5 Å². The van der Waals surface area contributed by atoms with Gasteiger partial charge in [-0.1, -0.05) is 22.0 Å². The molecule has 0 bridgehead atoms. The number of carbonyl (C=O) groups excluding carboxylic acids is 1. The number of hydrogen-bond acceptors (Lipinski definition) is 5. The van der Waals surface area contributed by atoms with Gasteiger partial charge >= 0.3 is 6.18 Å². The second kappa shape index (κ2) is 9.02. The molecule has 0 unspecified atom stereocenters. The van der Waals surface area contributed by atoms with Crippen molar-refractivity contribution < 1.29 is 22.7 Å². The number of amides is 1. The molecule has 0 aliphatic carbocycles. The summed E-state index contributed by atoms with van der Waals surface area (Å²) in [6.45, 7) is 0. The van der Waals surface area contributed by atoms with Crippen molar-refractivity contribution in [3.8, 4) is 22.8 Å². The van der Waals surface area contributed by atoms with E-state index in [4.69, 9.17) is 4.74 Å². The number of hydrogen-bond donors (Lipinski definition) is 1. The number of nitrogens with one attached hydrogen (secondary N) is 1. The van der Waals surface area contributed by atoms with Crippen LogP contribution in [-0.2, 0) is 6.18 Å². The Morgan fingerprint density at radius 2 is 1.88 bits per heavy atom. The third-order valence-corrected chi connectivity index (χ3v) is 5.06. The summed E-state index contributed by atoms with van der Waals surface area (Å²) in [6, 6.07) is 13.6. The lowest BCUT2D eigenvalue weighted by Crippen LogP contribution is -2.15. The first kappa shape index (κ1) is 22.5. The highest BCUT2D eigenvalue weighted by Gasteiger charge is 2.36. The summed E-state index contributed by atoms with van der Waals surface area (Å²) in [7, 11) is 1.44. The molecule has 0 spiro atoms. The predicted molar refractivity (Wildman–Crippen MR) is 118 cm³/mol. The number of halogens is 4. The number of methoxy groups -OCH3 is 1. The summed E-state index contributed by atoms with van der Waals surface area (Å²) in [5.41, 5.74) is -0.00797. The lowest BCUT2D eigenvalue weighted by atomic mass is 10.2. The van der Waals surface area contributed by atoms with Crippen LogP contribution in [0.25, 0.3) is 16.9 Å². The van der Waals surface area contributed by atoms with Crippen LogP contribution < -0.4 is 10.1 Å². The number of alkyl halides is 3. The number of aromatic nitrogens is 4. The number of rotatable bonds is 5. The summed E-state index contributed by atoms with van der Waals surface area (Å²) in [5, 5.41) is 6.71. The van der Waals surface area contributed by atoms with Crippen LogP contribution in [0.15, 0.2) is 71.5 Å². The first-order valence-corrected chi connectivity index (χ1v) is 10.2. The molecule has 0 saturated heterocycles. The van der Waals surface area contributed by atoms with Crippen LogP contribution in [0.4, 0.5) is 19.0 Å². The largest absolute Gasteiger partial charge is 0.481 e. The van der Waals surface area contributed by atoms with Crippen molar-refractivity contribution in [3.05, 3.63) is 82.7 Å². The SMILES string of the molecule is COc1ccc(-c2cc(C(F)(F)F)n(-c3ccc(NC(=O)c4cccc(Br)c4)nc3)n2)cn1. The van der Waals surface area contributed by atoms with Crippen molar-refractivity contribution in [1.29, 1.82) is 0 Å². The summed E-state index contributed by atoms with van der Waals surface area (Å²) in [5.74, 6) is 0.115. The quantitative estimate of drug-likeness (QED) is 0.384. The second-order valence-corrected chi connectivity index (χ2v) is 7.70. The Bertz CT molecular complexity index is 1290. The van der Waals surface area contributed by atoms with E-state index >= 15 is 0 Å². The van der Waals surface area contributed by atoms with Crippen molar-refractivity contribution in [2.75, 3.05) is 12.4 Å². The third kappa shape index (κ3) is 5.03. The minimum absolute atomic E-state index is 0.0792. The number of benzene rings is 1. The van der Waals surface area contributed by atoms with Crippen molar-refractivity contribution in [2.45, 2.75) is 6.18 Å². The average Bonchev–Trinajstić information content (AvgIpc) is 3.26. The van der Waals surface area contributed by atoms with E-state index in [0.717, 1.165) is 15.2 Å². The first-order valence-electron chi connectivity index (χ1n) is 9.45. The van der Waals surface area contributed by atoms with Gasteiger partial charge in [0.15, 0.2) is 0 Å². The number of pyridine rings is 2. The Balaban J connectivity index is 1.62. The molecule has 0 atom stereocenters. The van der Waals surface area contributed by atoms with Gasteiger partial charge in [-0.05, 0) is 42.5 Å². The van der Waals surface area contributed by atoms with Crippen molar-refractivity contribution in [2.24, 2.45) is 0 Å². The van der Waals surface area contributed by atoms with Crippen molar-refractivity contribution >= 4 is 27.7 Å². The maximum Gasteiger partial charge on any atom is 0.433 e. The fourth-order valence-corrected chi connectivity index (χ4v) is 3.38. The molecular weight excluding hydrogens is 503 g/mol. The van der Waals surface area contributed by atoms with E-state index < -0.39 is 17.8 Å². The van der Waals surface area contributed by atoms with Gasteiger partial charge in [0.05, 0.1) is 24.7 Å². The third-order valence-electron chi connectivity index (χ3n) is 4.56. The number of carbonyl (C=O) groups is 1. The minimum Gasteiger partial charge on any atom is -0.481 e. The molecule has 1 amide bonds.